The molecule has 1 nitrogen and oxygen atoms in total. The van der Waals surface area contributed by atoms with Gasteiger partial charge >= 0.3 is 0 Å². The van der Waals surface area contributed by atoms with Crippen molar-refractivity contribution in [3.8, 4) is 0 Å². The molecule has 0 heterocycles. The molecule has 0 saturated carbocycles. The van der Waals surface area contributed by atoms with E-state index in [0.29, 0.717) is 11.5 Å². The van der Waals surface area contributed by atoms with Crippen molar-refractivity contribution in [1.29, 1.82) is 0 Å². The monoisotopic (exact) mass is 289 g/mol. The van der Waals surface area contributed by atoms with Crippen LogP contribution in [0.2, 0.25) is 0 Å². The normalized spacial score (nSPS) is 21.5. The Labute approximate surface area is 132 Å². The molecule has 2 N–H and O–H groups in total. The van der Waals surface area contributed by atoms with E-state index in [-0.39, 0.29) is 0 Å². The van der Waals surface area contributed by atoms with Gasteiger partial charge in [-0.25, -0.2) is 0 Å². The van der Waals surface area contributed by atoms with Crippen LogP contribution in [0.15, 0.2) is 24.3 Å². The lowest BCUT2D eigenvalue weighted by Gasteiger charge is -2.42. The average Bonchev–Trinajstić information content (AvgIpc) is 2.45. The second-order valence-corrected chi connectivity index (χ2v) is 7.54. The average molecular weight is 290 g/mol. The van der Waals surface area contributed by atoms with Gasteiger partial charge < -0.3 is 5.73 Å². The number of nitrogens with two attached hydrogens (primary N) is 1. The first-order valence-electron chi connectivity index (χ1n) is 8.64. The summed E-state index contributed by atoms with van der Waals surface area (Å²) in [6.45, 7) is 13.5. The van der Waals surface area contributed by atoms with Gasteiger partial charge in [-0.15, -0.1) is 0 Å². The molecule has 0 aliphatic heterocycles. The zero-order valence-corrected chi connectivity index (χ0v) is 14.9. The van der Waals surface area contributed by atoms with Crippen molar-refractivity contribution >= 4 is 0 Å². The van der Waals surface area contributed by atoms with Crippen molar-refractivity contribution in [2.75, 3.05) is 0 Å². The first kappa shape index (κ1) is 18.2. The van der Waals surface area contributed by atoms with Gasteiger partial charge in [0.05, 0.1) is 0 Å². The van der Waals surface area contributed by atoms with E-state index in [0.717, 1.165) is 11.8 Å². The van der Waals surface area contributed by atoms with E-state index in [1.165, 1.54) is 25.7 Å². The number of rotatable bonds is 3. The highest BCUT2D eigenvalue weighted by atomic mass is 14.6. The van der Waals surface area contributed by atoms with E-state index < -0.39 is 0 Å². The summed E-state index contributed by atoms with van der Waals surface area (Å²) < 4.78 is 0. The highest BCUT2D eigenvalue weighted by Gasteiger charge is 2.36. The molecule has 2 unspecified atom stereocenters. The molecule has 0 amide bonds. The highest BCUT2D eigenvalue weighted by Crippen LogP contribution is 2.44. The van der Waals surface area contributed by atoms with Crippen molar-refractivity contribution in [3.05, 3.63) is 35.4 Å². The Morgan fingerprint density at radius 3 is 2.00 bits per heavy atom. The van der Waals surface area contributed by atoms with Gasteiger partial charge in [0, 0.05) is 0 Å². The Balaban J connectivity index is 0.000000491. The molecule has 1 heteroatoms. The number of benzene rings is 1. The summed E-state index contributed by atoms with van der Waals surface area (Å²) in [5.41, 5.74) is 8.79. The highest BCUT2D eigenvalue weighted by molar-refractivity contribution is 5.30. The Morgan fingerprint density at radius 2 is 1.57 bits per heavy atom. The maximum atomic E-state index is 5.11. The van der Waals surface area contributed by atoms with Crippen LogP contribution in [0.4, 0.5) is 0 Å². The van der Waals surface area contributed by atoms with E-state index in [1.54, 1.807) is 11.1 Å². The van der Waals surface area contributed by atoms with Gasteiger partial charge in [-0.05, 0) is 47.3 Å². The topological polar surface area (TPSA) is 26.0 Å². The van der Waals surface area contributed by atoms with Gasteiger partial charge in [0.25, 0.3) is 0 Å². The standard InChI is InChI=1S/C17H26.C3H9N/c1-5-13-11-14-9-7-8-10-15(14)12-16(13)17(3,4)6-2;1-3(2)4/h7-10,13,16H,5-6,11-12H2,1-4H3;3H,4H2,1-2H3. The lowest BCUT2D eigenvalue weighted by molar-refractivity contribution is 0.118. The van der Waals surface area contributed by atoms with Crippen LogP contribution >= 0.6 is 0 Å². The summed E-state index contributed by atoms with van der Waals surface area (Å²) in [4.78, 5) is 0. The molecular weight excluding hydrogens is 254 g/mol. The third-order valence-electron chi connectivity index (χ3n) is 5.05. The summed E-state index contributed by atoms with van der Waals surface area (Å²) >= 11 is 0. The molecule has 0 saturated heterocycles. The quantitative estimate of drug-likeness (QED) is 0.811. The van der Waals surface area contributed by atoms with Crippen LogP contribution in [-0.2, 0) is 12.8 Å². The van der Waals surface area contributed by atoms with Gasteiger partial charge in [-0.3, -0.25) is 0 Å². The fourth-order valence-corrected chi connectivity index (χ4v) is 3.39. The molecule has 1 aliphatic rings. The summed E-state index contributed by atoms with van der Waals surface area (Å²) in [5, 5.41) is 0. The second-order valence-electron chi connectivity index (χ2n) is 7.54. The number of hydrogen-bond donors (Lipinski definition) is 1. The lowest BCUT2D eigenvalue weighted by atomic mass is 9.62. The van der Waals surface area contributed by atoms with Crippen molar-refractivity contribution in [1.82, 2.24) is 0 Å². The van der Waals surface area contributed by atoms with Crippen LogP contribution in [-0.4, -0.2) is 6.04 Å². The predicted molar refractivity (Wildman–Crippen MR) is 94.5 cm³/mol. The summed E-state index contributed by atoms with van der Waals surface area (Å²) in [6, 6.07) is 9.38. The summed E-state index contributed by atoms with van der Waals surface area (Å²) in [7, 11) is 0. The maximum Gasteiger partial charge on any atom is -0.00179 e. The van der Waals surface area contributed by atoms with E-state index in [2.05, 4.69) is 52.0 Å². The Morgan fingerprint density at radius 1 is 1.10 bits per heavy atom. The minimum Gasteiger partial charge on any atom is -0.328 e. The summed E-state index contributed by atoms with van der Waals surface area (Å²) in [6.07, 6.45) is 5.19. The smallest absolute Gasteiger partial charge is 0.00179 e. The van der Waals surface area contributed by atoms with Gasteiger partial charge in [-0.2, -0.15) is 0 Å². The molecule has 1 aliphatic carbocycles. The number of hydrogen-bond acceptors (Lipinski definition) is 1. The molecule has 120 valence electrons. The molecule has 2 atom stereocenters. The van der Waals surface area contributed by atoms with Crippen molar-refractivity contribution in [2.24, 2.45) is 23.0 Å². The Kier molecular flexibility index (Phi) is 6.93. The maximum absolute atomic E-state index is 5.11. The van der Waals surface area contributed by atoms with Crippen molar-refractivity contribution in [2.45, 2.75) is 73.3 Å². The van der Waals surface area contributed by atoms with Crippen molar-refractivity contribution in [3.63, 3.8) is 0 Å². The molecule has 2 rings (SSSR count). The third-order valence-corrected chi connectivity index (χ3v) is 5.05. The first-order chi connectivity index (χ1) is 9.81. The van der Waals surface area contributed by atoms with E-state index in [4.69, 9.17) is 5.73 Å². The van der Waals surface area contributed by atoms with Crippen LogP contribution in [0.3, 0.4) is 0 Å². The predicted octanol–water partition coefficient (Wildman–Crippen LogP) is 5.22. The van der Waals surface area contributed by atoms with Crippen LogP contribution in [0.1, 0.15) is 65.5 Å². The Hall–Kier alpha value is -0.820. The minimum atomic E-state index is 0.333. The SMILES string of the molecule is CC(C)N.CCC1Cc2ccccc2CC1C(C)(C)CC. The van der Waals surface area contributed by atoms with Gasteiger partial charge in [0.1, 0.15) is 0 Å². The largest absolute Gasteiger partial charge is 0.328 e. The zero-order valence-electron chi connectivity index (χ0n) is 14.9. The molecule has 1 aromatic rings. The summed E-state index contributed by atoms with van der Waals surface area (Å²) in [5.74, 6) is 1.73. The van der Waals surface area contributed by atoms with E-state index in [9.17, 15) is 0 Å². The molecule has 0 aromatic heterocycles. The van der Waals surface area contributed by atoms with E-state index >= 15 is 0 Å². The van der Waals surface area contributed by atoms with Crippen molar-refractivity contribution < 1.29 is 0 Å². The zero-order chi connectivity index (χ0) is 16.0. The second kappa shape index (κ2) is 7.98. The molecule has 0 fully saturated rings. The fraction of sp³-hybridized carbons (Fsp3) is 0.700. The minimum absolute atomic E-state index is 0.333. The molecule has 0 bridgehead atoms. The lowest BCUT2D eigenvalue weighted by Crippen LogP contribution is -2.36. The molecule has 0 spiro atoms. The fourth-order valence-electron chi connectivity index (χ4n) is 3.39. The van der Waals surface area contributed by atoms with Crippen LogP contribution in [0.5, 0.6) is 0 Å². The van der Waals surface area contributed by atoms with Gasteiger partial charge in [-0.1, -0.05) is 78.6 Å². The molecular formula is C20H35N. The van der Waals surface area contributed by atoms with Crippen LogP contribution < -0.4 is 5.73 Å². The van der Waals surface area contributed by atoms with Crippen LogP contribution in [0, 0.1) is 17.3 Å². The third kappa shape index (κ3) is 5.14. The number of fused-ring (bicyclic) bond motifs is 1. The molecule has 1 aromatic carbocycles. The Bertz CT molecular complexity index is 417. The van der Waals surface area contributed by atoms with Gasteiger partial charge in [0.2, 0.25) is 0 Å². The molecule has 21 heavy (non-hydrogen) atoms. The van der Waals surface area contributed by atoms with Crippen LogP contribution in [0.25, 0.3) is 0 Å². The van der Waals surface area contributed by atoms with E-state index in [1.807, 2.05) is 13.8 Å². The first-order valence-corrected chi connectivity index (χ1v) is 8.64. The van der Waals surface area contributed by atoms with Gasteiger partial charge in [0.15, 0.2) is 0 Å². The molecule has 0 radical (unpaired) electrons.